The first-order valence-corrected chi connectivity index (χ1v) is 6.37. The SMILES string of the molecule is NCC(=O)NCC(=O)NCCOc1ccccc1C(F)(F)F. The topological polar surface area (TPSA) is 93.5 Å². The fourth-order valence-corrected chi connectivity index (χ4v) is 1.49. The number of nitrogens with two attached hydrogens (primary N) is 1. The molecule has 0 saturated heterocycles. The Hall–Kier alpha value is -2.29. The maximum atomic E-state index is 12.7. The Morgan fingerprint density at radius 1 is 1.14 bits per heavy atom. The molecule has 1 aromatic carbocycles. The van der Waals surface area contributed by atoms with Gasteiger partial charge in [0.25, 0.3) is 0 Å². The van der Waals surface area contributed by atoms with E-state index in [0.717, 1.165) is 6.07 Å². The second-order valence-corrected chi connectivity index (χ2v) is 4.17. The van der Waals surface area contributed by atoms with Crippen LogP contribution < -0.4 is 21.1 Å². The van der Waals surface area contributed by atoms with Gasteiger partial charge < -0.3 is 21.1 Å². The number of halogens is 3. The number of rotatable bonds is 7. The fraction of sp³-hybridized carbons (Fsp3) is 0.385. The molecule has 2 amide bonds. The van der Waals surface area contributed by atoms with Gasteiger partial charge in [0, 0.05) is 0 Å². The van der Waals surface area contributed by atoms with Crippen LogP contribution in [0.15, 0.2) is 24.3 Å². The molecule has 0 aliphatic rings. The van der Waals surface area contributed by atoms with E-state index in [1.807, 2.05) is 0 Å². The minimum atomic E-state index is -4.51. The lowest BCUT2D eigenvalue weighted by molar-refractivity contribution is -0.139. The molecule has 0 unspecified atom stereocenters. The van der Waals surface area contributed by atoms with Crippen molar-refractivity contribution in [3.8, 4) is 5.75 Å². The molecule has 0 spiro atoms. The van der Waals surface area contributed by atoms with Crippen molar-refractivity contribution in [3.63, 3.8) is 0 Å². The van der Waals surface area contributed by atoms with Gasteiger partial charge in [0.1, 0.15) is 12.4 Å². The minimum absolute atomic E-state index is 0.00349. The van der Waals surface area contributed by atoms with Crippen molar-refractivity contribution in [3.05, 3.63) is 29.8 Å². The van der Waals surface area contributed by atoms with Crippen LogP contribution in [0, 0.1) is 0 Å². The number of alkyl halides is 3. The highest BCUT2D eigenvalue weighted by Crippen LogP contribution is 2.35. The first-order chi connectivity index (χ1) is 10.3. The molecule has 0 atom stereocenters. The van der Waals surface area contributed by atoms with Crippen LogP contribution in [0.25, 0.3) is 0 Å². The highest BCUT2D eigenvalue weighted by molar-refractivity contribution is 5.85. The zero-order valence-electron chi connectivity index (χ0n) is 11.6. The lowest BCUT2D eigenvalue weighted by Gasteiger charge is -2.14. The van der Waals surface area contributed by atoms with E-state index in [9.17, 15) is 22.8 Å². The molecule has 9 heteroatoms. The third kappa shape index (κ3) is 6.00. The molecule has 4 N–H and O–H groups in total. The molecular formula is C13H16F3N3O3. The van der Waals surface area contributed by atoms with Crippen LogP contribution in [0.2, 0.25) is 0 Å². The lowest BCUT2D eigenvalue weighted by atomic mass is 10.2. The number of carbonyl (C=O) groups is 2. The van der Waals surface area contributed by atoms with E-state index in [2.05, 4.69) is 10.6 Å². The average molecular weight is 319 g/mol. The number of hydrogen-bond acceptors (Lipinski definition) is 4. The van der Waals surface area contributed by atoms with E-state index in [4.69, 9.17) is 10.5 Å². The molecule has 0 radical (unpaired) electrons. The molecule has 1 rings (SSSR count). The number of amides is 2. The van der Waals surface area contributed by atoms with Gasteiger partial charge in [0.2, 0.25) is 11.8 Å². The van der Waals surface area contributed by atoms with Gasteiger partial charge in [-0.15, -0.1) is 0 Å². The third-order valence-corrected chi connectivity index (χ3v) is 2.51. The number of carbonyl (C=O) groups excluding carboxylic acids is 2. The van der Waals surface area contributed by atoms with Crippen LogP contribution in [0.3, 0.4) is 0 Å². The molecule has 0 aromatic heterocycles. The second kappa shape index (κ2) is 8.23. The Balaban J connectivity index is 2.37. The molecule has 0 heterocycles. The highest BCUT2D eigenvalue weighted by atomic mass is 19.4. The molecule has 6 nitrogen and oxygen atoms in total. The van der Waals surface area contributed by atoms with E-state index in [1.165, 1.54) is 18.2 Å². The van der Waals surface area contributed by atoms with Crippen molar-refractivity contribution >= 4 is 11.8 Å². The number of hydrogen-bond donors (Lipinski definition) is 3. The Labute approximate surface area is 124 Å². The Bertz CT molecular complexity index is 521. The van der Waals surface area contributed by atoms with Crippen molar-refractivity contribution in [2.45, 2.75) is 6.18 Å². The summed E-state index contributed by atoms with van der Waals surface area (Å²) in [6, 6.07) is 4.80. The smallest absolute Gasteiger partial charge is 0.419 e. The number of ether oxygens (including phenoxy) is 1. The summed E-state index contributed by atoms with van der Waals surface area (Å²) < 4.78 is 43.1. The van der Waals surface area contributed by atoms with Crippen LogP contribution in [-0.2, 0) is 15.8 Å². The monoisotopic (exact) mass is 319 g/mol. The maximum Gasteiger partial charge on any atom is 0.419 e. The number of benzene rings is 1. The third-order valence-electron chi connectivity index (χ3n) is 2.51. The zero-order valence-corrected chi connectivity index (χ0v) is 11.6. The van der Waals surface area contributed by atoms with E-state index < -0.39 is 23.6 Å². The van der Waals surface area contributed by atoms with Gasteiger partial charge in [-0.05, 0) is 12.1 Å². The summed E-state index contributed by atoms with van der Waals surface area (Å²) in [7, 11) is 0. The summed E-state index contributed by atoms with van der Waals surface area (Å²) in [6.45, 7) is -0.618. The first kappa shape index (κ1) is 17.8. The summed E-state index contributed by atoms with van der Waals surface area (Å²) in [5, 5.41) is 4.64. The molecule has 1 aromatic rings. The standard InChI is InChI=1S/C13H16F3N3O3/c14-13(15,16)9-3-1-2-4-10(9)22-6-5-18-12(21)8-19-11(20)7-17/h1-4H,5-8,17H2,(H,18,21)(H,19,20). The van der Waals surface area contributed by atoms with E-state index >= 15 is 0 Å². The van der Waals surface area contributed by atoms with Crippen molar-refractivity contribution in [2.75, 3.05) is 26.2 Å². The average Bonchev–Trinajstić information content (AvgIpc) is 2.48. The minimum Gasteiger partial charge on any atom is -0.491 e. The Kier molecular flexibility index (Phi) is 6.64. The Morgan fingerprint density at radius 3 is 2.45 bits per heavy atom. The van der Waals surface area contributed by atoms with Gasteiger partial charge in [0.15, 0.2) is 0 Å². The van der Waals surface area contributed by atoms with Gasteiger partial charge >= 0.3 is 6.18 Å². The summed E-state index contributed by atoms with van der Waals surface area (Å²) in [6.07, 6.45) is -4.51. The van der Waals surface area contributed by atoms with E-state index in [1.54, 1.807) is 0 Å². The second-order valence-electron chi connectivity index (χ2n) is 4.17. The summed E-state index contributed by atoms with van der Waals surface area (Å²) in [5.41, 5.74) is 4.16. The summed E-state index contributed by atoms with van der Waals surface area (Å²) in [4.78, 5) is 22.1. The van der Waals surface area contributed by atoms with Crippen LogP contribution in [-0.4, -0.2) is 38.1 Å². The molecule has 0 aliphatic carbocycles. The number of para-hydroxylation sites is 1. The predicted octanol–water partition coefficient (Wildman–Crippen LogP) is 0.275. The number of nitrogens with one attached hydrogen (secondary N) is 2. The van der Waals surface area contributed by atoms with Crippen LogP contribution in [0.5, 0.6) is 5.75 Å². The maximum absolute atomic E-state index is 12.7. The van der Waals surface area contributed by atoms with Crippen LogP contribution in [0.1, 0.15) is 5.56 Å². The normalized spacial score (nSPS) is 10.9. The van der Waals surface area contributed by atoms with Crippen molar-refractivity contribution in [2.24, 2.45) is 5.73 Å². The van der Waals surface area contributed by atoms with Crippen molar-refractivity contribution < 1.29 is 27.5 Å². The quantitative estimate of drug-likeness (QED) is 0.629. The lowest BCUT2D eigenvalue weighted by Crippen LogP contribution is -2.40. The van der Waals surface area contributed by atoms with E-state index in [0.29, 0.717) is 0 Å². The first-order valence-electron chi connectivity index (χ1n) is 6.37. The van der Waals surface area contributed by atoms with Gasteiger partial charge in [-0.3, -0.25) is 9.59 Å². The zero-order chi connectivity index (χ0) is 16.6. The molecule has 22 heavy (non-hydrogen) atoms. The molecule has 0 aliphatic heterocycles. The molecule has 0 saturated carbocycles. The van der Waals surface area contributed by atoms with Crippen molar-refractivity contribution in [1.82, 2.24) is 10.6 Å². The molecule has 0 bridgehead atoms. The Morgan fingerprint density at radius 2 is 1.82 bits per heavy atom. The largest absolute Gasteiger partial charge is 0.491 e. The van der Waals surface area contributed by atoms with Crippen molar-refractivity contribution in [1.29, 1.82) is 0 Å². The molecule has 0 fully saturated rings. The van der Waals surface area contributed by atoms with Gasteiger partial charge in [-0.1, -0.05) is 12.1 Å². The van der Waals surface area contributed by atoms with E-state index in [-0.39, 0.29) is 32.0 Å². The molecular weight excluding hydrogens is 303 g/mol. The summed E-state index contributed by atoms with van der Waals surface area (Å²) in [5.74, 6) is -1.28. The van der Waals surface area contributed by atoms with Gasteiger partial charge in [-0.25, -0.2) is 0 Å². The van der Waals surface area contributed by atoms with Crippen LogP contribution >= 0.6 is 0 Å². The predicted molar refractivity (Wildman–Crippen MR) is 72.0 cm³/mol. The summed E-state index contributed by atoms with van der Waals surface area (Å²) >= 11 is 0. The van der Waals surface area contributed by atoms with Crippen LogP contribution in [0.4, 0.5) is 13.2 Å². The fourth-order valence-electron chi connectivity index (χ4n) is 1.49. The van der Waals surface area contributed by atoms with Gasteiger partial charge in [-0.2, -0.15) is 13.2 Å². The van der Waals surface area contributed by atoms with Gasteiger partial charge in [0.05, 0.1) is 25.2 Å². The molecule has 122 valence electrons. The highest BCUT2D eigenvalue weighted by Gasteiger charge is 2.33.